The number of carbonyl (C=O) groups is 1. The summed E-state index contributed by atoms with van der Waals surface area (Å²) in [6, 6.07) is 12.2. The minimum Gasteiger partial charge on any atom is -0.469 e. The molecule has 2 aromatic rings. The van der Waals surface area contributed by atoms with Crippen molar-refractivity contribution < 1.29 is 13.9 Å². The molecule has 5 heteroatoms. The average Bonchev–Trinajstić information content (AvgIpc) is 3.27. The molecule has 2 heterocycles. The van der Waals surface area contributed by atoms with Gasteiger partial charge in [-0.25, -0.2) is 0 Å². The third kappa shape index (κ3) is 3.94. The van der Waals surface area contributed by atoms with Crippen LogP contribution in [0.4, 0.5) is 0 Å². The van der Waals surface area contributed by atoms with Gasteiger partial charge in [-0.1, -0.05) is 24.3 Å². The van der Waals surface area contributed by atoms with Gasteiger partial charge >= 0.3 is 0 Å². The van der Waals surface area contributed by atoms with Crippen molar-refractivity contribution in [2.75, 3.05) is 26.3 Å². The van der Waals surface area contributed by atoms with E-state index in [1.807, 2.05) is 18.2 Å². The van der Waals surface area contributed by atoms with Gasteiger partial charge in [0.2, 0.25) is 5.91 Å². The normalized spacial score (nSPS) is 23.4. The highest BCUT2D eigenvalue weighted by Gasteiger charge is 2.45. The van der Waals surface area contributed by atoms with Crippen molar-refractivity contribution in [3.8, 4) is 0 Å². The monoisotopic (exact) mass is 340 g/mol. The second kappa shape index (κ2) is 7.42. The summed E-state index contributed by atoms with van der Waals surface area (Å²) < 4.78 is 10.8. The molecular formula is C20H24N2O3. The molecule has 1 aliphatic carbocycles. The lowest BCUT2D eigenvalue weighted by Gasteiger charge is -2.27. The Kier molecular flexibility index (Phi) is 4.85. The van der Waals surface area contributed by atoms with Crippen LogP contribution >= 0.6 is 0 Å². The van der Waals surface area contributed by atoms with Gasteiger partial charge in [0.05, 0.1) is 19.5 Å². The quantitative estimate of drug-likeness (QED) is 0.878. The predicted octanol–water partition coefficient (Wildman–Crippen LogP) is 2.53. The maximum atomic E-state index is 12.4. The van der Waals surface area contributed by atoms with E-state index in [1.54, 1.807) is 6.26 Å². The fourth-order valence-electron chi connectivity index (χ4n) is 3.50. The molecule has 1 amide bonds. The number of rotatable bonds is 6. The molecule has 0 spiro atoms. The van der Waals surface area contributed by atoms with E-state index in [0.717, 1.165) is 45.0 Å². The SMILES string of the molecule is O=C(NCc1ccccc1CN1CCOCC1)C1CC1c1ccco1. The second-order valence-corrected chi connectivity index (χ2v) is 6.84. The van der Waals surface area contributed by atoms with E-state index in [9.17, 15) is 4.79 Å². The lowest BCUT2D eigenvalue weighted by Crippen LogP contribution is -2.36. The minimum absolute atomic E-state index is 0.0533. The first kappa shape index (κ1) is 16.4. The first-order valence-corrected chi connectivity index (χ1v) is 8.99. The summed E-state index contributed by atoms with van der Waals surface area (Å²) in [4.78, 5) is 14.8. The fraction of sp³-hybridized carbons (Fsp3) is 0.450. The van der Waals surface area contributed by atoms with Gasteiger partial charge in [-0.15, -0.1) is 0 Å². The Morgan fingerprint density at radius 1 is 1.12 bits per heavy atom. The van der Waals surface area contributed by atoms with Crippen molar-refractivity contribution >= 4 is 5.91 Å². The summed E-state index contributed by atoms with van der Waals surface area (Å²) in [6.45, 7) is 5.03. The highest BCUT2D eigenvalue weighted by atomic mass is 16.5. The molecule has 1 aromatic heterocycles. The second-order valence-electron chi connectivity index (χ2n) is 6.84. The Balaban J connectivity index is 1.33. The van der Waals surface area contributed by atoms with Crippen molar-refractivity contribution in [3.05, 3.63) is 59.5 Å². The van der Waals surface area contributed by atoms with E-state index in [0.29, 0.717) is 6.54 Å². The van der Waals surface area contributed by atoms with Crippen LogP contribution in [0, 0.1) is 5.92 Å². The molecule has 1 aromatic carbocycles. The van der Waals surface area contributed by atoms with E-state index in [2.05, 4.69) is 28.4 Å². The molecule has 4 rings (SSSR count). The minimum atomic E-state index is 0.0533. The number of hydrogen-bond donors (Lipinski definition) is 1. The molecule has 2 fully saturated rings. The lowest BCUT2D eigenvalue weighted by atomic mass is 10.1. The first-order chi connectivity index (χ1) is 12.3. The summed E-state index contributed by atoms with van der Waals surface area (Å²) >= 11 is 0. The zero-order valence-electron chi connectivity index (χ0n) is 14.3. The summed E-state index contributed by atoms with van der Waals surface area (Å²) in [5.74, 6) is 1.35. The van der Waals surface area contributed by atoms with Crippen LogP contribution in [-0.2, 0) is 22.6 Å². The van der Waals surface area contributed by atoms with Crippen molar-refractivity contribution in [1.82, 2.24) is 10.2 Å². The van der Waals surface area contributed by atoms with Crippen LogP contribution in [0.15, 0.2) is 47.1 Å². The van der Waals surface area contributed by atoms with Crippen LogP contribution < -0.4 is 5.32 Å². The highest BCUT2D eigenvalue weighted by Crippen LogP contribution is 2.47. The topological polar surface area (TPSA) is 54.7 Å². The van der Waals surface area contributed by atoms with E-state index in [-0.39, 0.29) is 17.7 Å². The van der Waals surface area contributed by atoms with Crippen LogP contribution in [0.1, 0.15) is 29.2 Å². The van der Waals surface area contributed by atoms with Gasteiger partial charge in [0, 0.05) is 38.0 Å². The van der Waals surface area contributed by atoms with Crippen molar-refractivity contribution in [3.63, 3.8) is 0 Å². The largest absolute Gasteiger partial charge is 0.469 e. The summed E-state index contributed by atoms with van der Waals surface area (Å²) in [6.07, 6.45) is 2.55. The van der Waals surface area contributed by atoms with Crippen molar-refractivity contribution in [2.45, 2.75) is 25.4 Å². The number of morpholine rings is 1. The zero-order chi connectivity index (χ0) is 17.1. The molecule has 2 unspecified atom stereocenters. The molecule has 5 nitrogen and oxygen atoms in total. The predicted molar refractivity (Wildman–Crippen MR) is 93.9 cm³/mol. The Morgan fingerprint density at radius 3 is 2.68 bits per heavy atom. The molecular weight excluding hydrogens is 316 g/mol. The Labute approximate surface area is 148 Å². The number of nitrogens with one attached hydrogen (secondary N) is 1. The smallest absolute Gasteiger partial charge is 0.224 e. The van der Waals surface area contributed by atoms with Crippen LogP contribution in [-0.4, -0.2) is 37.1 Å². The molecule has 25 heavy (non-hydrogen) atoms. The summed E-state index contributed by atoms with van der Waals surface area (Å²) in [5.41, 5.74) is 2.47. The van der Waals surface area contributed by atoms with Crippen molar-refractivity contribution in [2.24, 2.45) is 5.92 Å². The maximum absolute atomic E-state index is 12.4. The molecule has 2 aliphatic rings. The van der Waals surface area contributed by atoms with Gasteiger partial charge in [-0.05, 0) is 29.7 Å². The third-order valence-corrected chi connectivity index (χ3v) is 5.10. The third-order valence-electron chi connectivity index (χ3n) is 5.10. The number of furan rings is 1. The van der Waals surface area contributed by atoms with E-state index < -0.39 is 0 Å². The number of carbonyl (C=O) groups excluding carboxylic acids is 1. The van der Waals surface area contributed by atoms with Crippen molar-refractivity contribution in [1.29, 1.82) is 0 Å². The highest BCUT2D eigenvalue weighted by molar-refractivity contribution is 5.82. The molecule has 1 saturated carbocycles. The van der Waals surface area contributed by atoms with Gasteiger partial charge in [-0.3, -0.25) is 9.69 Å². The van der Waals surface area contributed by atoms with Crippen LogP contribution in [0.5, 0.6) is 0 Å². The number of benzene rings is 1. The van der Waals surface area contributed by atoms with E-state index in [4.69, 9.17) is 9.15 Å². The van der Waals surface area contributed by atoms with Crippen LogP contribution in [0.2, 0.25) is 0 Å². The molecule has 1 aliphatic heterocycles. The lowest BCUT2D eigenvalue weighted by molar-refractivity contribution is -0.122. The van der Waals surface area contributed by atoms with E-state index in [1.165, 1.54) is 11.1 Å². The van der Waals surface area contributed by atoms with E-state index >= 15 is 0 Å². The number of ether oxygens (including phenoxy) is 1. The van der Waals surface area contributed by atoms with Gasteiger partial charge < -0.3 is 14.5 Å². The standard InChI is InChI=1S/C20H24N2O3/c23-20(18-12-17(18)19-6-3-9-25-19)21-13-15-4-1-2-5-16(15)14-22-7-10-24-11-8-22/h1-6,9,17-18H,7-8,10-14H2,(H,21,23). The molecule has 2 atom stereocenters. The molecule has 1 saturated heterocycles. The molecule has 0 radical (unpaired) electrons. The average molecular weight is 340 g/mol. The first-order valence-electron chi connectivity index (χ1n) is 8.99. The number of nitrogens with zero attached hydrogens (tertiary/aromatic N) is 1. The summed E-state index contributed by atoms with van der Waals surface area (Å²) in [7, 11) is 0. The van der Waals surface area contributed by atoms with Crippen LogP contribution in [0.25, 0.3) is 0 Å². The number of amides is 1. The fourth-order valence-corrected chi connectivity index (χ4v) is 3.50. The molecule has 132 valence electrons. The zero-order valence-corrected chi connectivity index (χ0v) is 14.3. The van der Waals surface area contributed by atoms with Gasteiger partial charge in [0.25, 0.3) is 0 Å². The Morgan fingerprint density at radius 2 is 1.92 bits per heavy atom. The molecule has 0 bridgehead atoms. The Bertz CT molecular complexity index is 707. The maximum Gasteiger partial charge on any atom is 0.224 e. The van der Waals surface area contributed by atoms with Gasteiger partial charge in [-0.2, -0.15) is 0 Å². The summed E-state index contributed by atoms with van der Waals surface area (Å²) in [5, 5.41) is 3.11. The van der Waals surface area contributed by atoms with Gasteiger partial charge in [0.1, 0.15) is 5.76 Å². The number of hydrogen-bond acceptors (Lipinski definition) is 4. The van der Waals surface area contributed by atoms with Gasteiger partial charge in [0.15, 0.2) is 0 Å². The Hall–Kier alpha value is -2.11. The molecule has 1 N–H and O–H groups in total. The van der Waals surface area contributed by atoms with Crippen LogP contribution in [0.3, 0.4) is 0 Å².